The largest absolute Gasteiger partial charge is 0.479 e. The molecule has 4 aromatic rings. The van der Waals surface area contributed by atoms with Crippen LogP contribution in [0.5, 0.6) is 5.75 Å². The van der Waals surface area contributed by atoms with Gasteiger partial charge in [-0.3, -0.25) is 14.2 Å². The van der Waals surface area contributed by atoms with Crippen LogP contribution in [-0.4, -0.2) is 80.4 Å². The van der Waals surface area contributed by atoms with E-state index in [9.17, 15) is 14.4 Å². The number of benzene rings is 2. The molecule has 0 spiro atoms. The number of alkyl halides is 3. The van der Waals surface area contributed by atoms with Crippen molar-refractivity contribution in [1.82, 2.24) is 19.2 Å². The van der Waals surface area contributed by atoms with Crippen LogP contribution in [0.1, 0.15) is 69.4 Å². The highest BCUT2D eigenvalue weighted by Gasteiger charge is 2.45. The SMILES string of the molecule is C#CCOc1cc(-n2nc3n(c2=O)CCCC3)c(Cl)cc1Cl.CC1(C)OC(c2ccco2)CN1C(=O)C(Cl)Cl.CCc1cccc(C)c1N(C(=O)CCl)C(C)COC. The van der Waals surface area contributed by atoms with Crippen molar-refractivity contribution in [3.8, 4) is 23.8 Å². The fraction of sp³-hybridized carbons (Fsp3) is 0.463. The van der Waals surface area contributed by atoms with Gasteiger partial charge in [0.1, 0.15) is 41.7 Å². The number of nitrogens with zero attached hydrogens (tertiary/aromatic N) is 5. The van der Waals surface area contributed by atoms with Gasteiger partial charge in [0.15, 0.2) is 4.84 Å². The van der Waals surface area contributed by atoms with Gasteiger partial charge in [0.05, 0.1) is 46.9 Å². The molecular weight excluding hydrogens is 852 g/mol. The van der Waals surface area contributed by atoms with E-state index < -0.39 is 10.6 Å². The Kier molecular flexibility index (Phi) is 17.5. The number of halogens is 5. The minimum Gasteiger partial charge on any atom is -0.479 e. The van der Waals surface area contributed by atoms with Crippen molar-refractivity contribution >= 4 is 75.5 Å². The normalized spacial score (nSPS) is 16.0. The lowest BCUT2D eigenvalue weighted by atomic mass is 10.0. The number of carbonyl (C=O) groups is 2. The summed E-state index contributed by atoms with van der Waals surface area (Å²) in [5.41, 5.74) is 2.70. The van der Waals surface area contributed by atoms with Crippen LogP contribution in [0.3, 0.4) is 0 Å². The van der Waals surface area contributed by atoms with Crippen LogP contribution in [0.15, 0.2) is 57.9 Å². The van der Waals surface area contributed by atoms with E-state index in [2.05, 4.69) is 24.0 Å². The second-order valence-corrected chi connectivity index (χ2v) is 16.1. The quantitative estimate of drug-likeness (QED) is 0.109. The molecule has 2 atom stereocenters. The number of aromatic nitrogens is 3. The first-order valence-corrected chi connectivity index (χ1v) is 20.8. The van der Waals surface area contributed by atoms with E-state index in [0.29, 0.717) is 46.9 Å². The predicted octanol–water partition coefficient (Wildman–Crippen LogP) is 8.57. The third kappa shape index (κ3) is 11.3. The molecule has 314 valence electrons. The molecule has 58 heavy (non-hydrogen) atoms. The van der Waals surface area contributed by atoms with Crippen LogP contribution >= 0.6 is 58.0 Å². The monoisotopic (exact) mass is 897 g/mol. The molecule has 2 amide bonds. The first-order chi connectivity index (χ1) is 27.6. The zero-order chi connectivity index (χ0) is 42.7. The average Bonchev–Trinajstić information content (AvgIpc) is 3.93. The number of terminal acetylenes is 1. The summed E-state index contributed by atoms with van der Waals surface area (Å²) in [5, 5.41) is 5.04. The first kappa shape index (κ1) is 47.0. The molecule has 0 bridgehead atoms. The van der Waals surface area contributed by atoms with Crippen LogP contribution in [0, 0.1) is 19.3 Å². The highest BCUT2D eigenvalue weighted by molar-refractivity contribution is 6.53. The Balaban J connectivity index is 0.000000194. The van der Waals surface area contributed by atoms with Crippen LogP contribution in [0.2, 0.25) is 10.0 Å². The summed E-state index contributed by atoms with van der Waals surface area (Å²) in [7, 11) is 1.64. The molecule has 12 nitrogen and oxygen atoms in total. The number of hydrogen-bond donors (Lipinski definition) is 0. The molecule has 0 saturated carbocycles. The van der Waals surface area contributed by atoms with E-state index in [0.717, 1.165) is 48.3 Å². The molecule has 2 aromatic heterocycles. The molecule has 2 aromatic carbocycles. The second-order valence-electron chi connectivity index (χ2n) is 13.9. The lowest BCUT2D eigenvalue weighted by molar-refractivity contribution is -0.144. The van der Waals surface area contributed by atoms with Crippen LogP contribution in [-0.2, 0) is 38.4 Å². The summed E-state index contributed by atoms with van der Waals surface area (Å²) in [4.78, 5) is 38.7. The Labute approximate surface area is 364 Å². The fourth-order valence-corrected chi connectivity index (χ4v) is 7.60. The highest BCUT2D eigenvalue weighted by Crippen LogP contribution is 2.37. The van der Waals surface area contributed by atoms with Crippen LogP contribution < -0.4 is 15.3 Å². The van der Waals surface area contributed by atoms with Gasteiger partial charge in [-0.25, -0.2) is 4.79 Å². The Bertz CT molecular complexity index is 2110. The molecule has 0 aliphatic carbocycles. The zero-order valence-electron chi connectivity index (χ0n) is 33.3. The summed E-state index contributed by atoms with van der Waals surface area (Å²) in [5.74, 6) is 3.73. The number of furan rings is 1. The third-order valence-electron chi connectivity index (χ3n) is 9.43. The van der Waals surface area contributed by atoms with Crippen molar-refractivity contribution in [2.75, 3.05) is 37.6 Å². The molecular formula is C41H48Cl5N5O7. The number of methoxy groups -OCH3 is 1. The lowest BCUT2D eigenvalue weighted by Crippen LogP contribution is -2.45. The molecule has 2 aliphatic rings. The summed E-state index contributed by atoms with van der Waals surface area (Å²) >= 11 is 29.3. The average molecular weight is 900 g/mol. The van der Waals surface area contributed by atoms with Gasteiger partial charge < -0.3 is 28.4 Å². The van der Waals surface area contributed by atoms with Gasteiger partial charge >= 0.3 is 5.69 Å². The number of anilines is 1. The number of aryl methyl sites for hydroxylation is 3. The zero-order valence-corrected chi connectivity index (χ0v) is 37.1. The number of rotatable bonds is 11. The number of carbonyl (C=O) groups excluding carboxylic acids is 2. The number of ether oxygens (including phenoxy) is 3. The van der Waals surface area contributed by atoms with Crippen molar-refractivity contribution in [2.45, 2.75) is 89.6 Å². The summed E-state index contributed by atoms with van der Waals surface area (Å²) < 4.78 is 24.6. The Morgan fingerprint density at radius 3 is 2.48 bits per heavy atom. The van der Waals surface area contributed by atoms with E-state index in [-0.39, 0.29) is 42.1 Å². The van der Waals surface area contributed by atoms with Gasteiger partial charge in [0.2, 0.25) is 5.91 Å². The molecule has 6 rings (SSSR count). The topological polar surface area (TPSA) is 121 Å². The minimum atomic E-state index is -1.08. The van der Waals surface area contributed by atoms with Gasteiger partial charge in [-0.05, 0) is 76.3 Å². The van der Waals surface area contributed by atoms with E-state index in [1.807, 2.05) is 32.0 Å². The van der Waals surface area contributed by atoms with Crippen molar-refractivity contribution in [2.24, 2.45) is 0 Å². The molecule has 4 heterocycles. The number of amides is 2. The molecule has 0 radical (unpaired) electrons. The van der Waals surface area contributed by atoms with Crippen molar-refractivity contribution in [3.63, 3.8) is 0 Å². The van der Waals surface area contributed by atoms with Crippen molar-refractivity contribution in [3.05, 3.63) is 92.0 Å². The Morgan fingerprint density at radius 1 is 1.14 bits per heavy atom. The van der Waals surface area contributed by atoms with Gasteiger partial charge in [0.25, 0.3) is 5.91 Å². The molecule has 0 N–H and O–H groups in total. The number of hydrogen-bond acceptors (Lipinski definition) is 8. The summed E-state index contributed by atoms with van der Waals surface area (Å²) in [6.45, 7) is 11.3. The smallest absolute Gasteiger partial charge is 0.350 e. The maximum absolute atomic E-state index is 12.5. The van der Waals surface area contributed by atoms with E-state index in [4.69, 9.17) is 83.1 Å². The van der Waals surface area contributed by atoms with Crippen molar-refractivity contribution in [1.29, 1.82) is 0 Å². The van der Waals surface area contributed by atoms with Gasteiger partial charge in [-0.1, -0.05) is 77.4 Å². The van der Waals surface area contributed by atoms with Crippen LogP contribution in [0.25, 0.3) is 5.69 Å². The van der Waals surface area contributed by atoms with E-state index >= 15 is 0 Å². The summed E-state index contributed by atoms with van der Waals surface area (Å²) in [6, 6.07) is 12.7. The molecule has 1 fully saturated rings. The molecule has 2 aliphatic heterocycles. The Hall–Kier alpha value is -3.67. The van der Waals surface area contributed by atoms with Crippen LogP contribution in [0.4, 0.5) is 5.69 Å². The number of fused-ring (bicyclic) bond motifs is 1. The maximum atomic E-state index is 12.5. The lowest BCUT2D eigenvalue weighted by Gasteiger charge is -2.31. The Morgan fingerprint density at radius 2 is 1.88 bits per heavy atom. The third-order valence-corrected chi connectivity index (χ3v) is 10.6. The first-order valence-electron chi connectivity index (χ1n) is 18.6. The molecule has 17 heteroatoms. The predicted molar refractivity (Wildman–Crippen MR) is 229 cm³/mol. The maximum Gasteiger partial charge on any atom is 0.350 e. The minimum absolute atomic E-state index is 0.0223. The van der Waals surface area contributed by atoms with Gasteiger partial charge in [-0.15, -0.1) is 23.1 Å². The van der Waals surface area contributed by atoms with E-state index in [1.54, 1.807) is 48.8 Å². The summed E-state index contributed by atoms with van der Waals surface area (Å²) in [6.07, 6.45) is 10.1. The van der Waals surface area contributed by atoms with Gasteiger partial charge in [-0.2, -0.15) is 4.68 Å². The second kappa shape index (κ2) is 21.5. The van der Waals surface area contributed by atoms with E-state index in [1.165, 1.54) is 15.6 Å². The highest BCUT2D eigenvalue weighted by atomic mass is 35.5. The van der Waals surface area contributed by atoms with Crippen molar-refractivity contribution < 1.29 is 28.2 Å². The molecule has 2 unspecified atom stereocenters. The standard InChI is InChI=1S/C15H13Cl2N3O2.C15H22ClNO2.C11H13Cl2NO3/c1-2-7-22-13-9-12(10(16)8-11(13)17)20-15(21)19-6-4-3-5-14(19)18-20;1-5-13-8-6-7-11(2)15(13)17(14(18)9-16)12(3)10-19-4;1-11(2)14(10(15)9(12)13)6-8(17-11)7-4-3-5-16-7/h1,8-9H,3-7H2;6-8,12H,5,9-10H2,1-4H3;3-5,8-9H,6H2,1-2H3. The molecule has 1 saturated heterocycles. The van der Waals surface area contributed by atoms with Gasteiger partial charge in [0, 0.05) is 26.1 Å². The fourth-order valence-electron chi connectivity index (χ4n) is 6.72. The number of para-hydroxylation sites is 1.